The number of nitrogens with one attached hydrogen (secondary N) is 3. The van der Waals surface area contributed by atoms with E-state index in [2.05, 4.69) is 27.3 Å². The van der Waals surface area contributed by atoms with Gasteiger partial charge in [-0.1, -0.05) is 56.3 Å². The van der Waals surface area contributed by atoms with Gasteiger partial charge < -0.3 is 15.7 Å². The average molecular weight is 631 g/mol. The highest BCUT2D eigenvalue weighted by atomic mass is 32.2. The second-order valence-electron chi connectivity index (χ2n) is 13.3. The highest BCUT2D eigenvalue weighted by molar-refractivity contribution is 7.89. The monoisotopic (exact) mass is 630 g/mol. The van der Waals surface area contributed by atoms with Crippen LogP contribution in [0, 0.1) is 22.2 Å². The van der Waals surface area contributed by atoms with Gasteiger partial charge in [0.25, 0.3) is 0 Å². The third-order valence-electron chi connectivity index (χ3n) is 10.7. The fourth-order valence-electron chi connectivity index (χ4n) is 8.29. The van der Waals surface area contributed by atoms with E-state index in [0.717, 1.165) is 23.2 Å². The molecule has 0 spiro atoms. The fraction of sp³-hybridized carbons (Fsp3) is 0.412. The number of urea groups is 1. The molecule has 0 saturated heterocycles. The van der Waals surface area contributed by atoms with Crippen LogP contribution in [0.25, 0.3) is 11.1 Å². The number of hydrogen-bond donors (Lipinski definition) is 4. The maximum Gasteiger partial charge on any atom is 0.322 e. The van der Waals surface area contributed by atoms with Gasteiger partial charge in [0, 0.05) is 37.0 Å². The van der Waals surface area contributed by atoms with E-state index in [4.69, 9.17) is 0 Å². The molecule has 0 bridgehead atoms. The minimum atomic E-state index is -4.05. The van der Waals surface area contributed by atoms with E-state index in [1.54, 1.807) is 24.4 Å². The van der Waals surface area contributed by atoms with Crippen molar-refractivity contribution in [2.75, 3.05) is 17.6 Å². The molecule has 3 saturated carbocycles. The molecule has 2 aromatic carbocycles. The lowest BCUT2D eigenvalue weighted by Gasteiger charge is -2.75. The summed E-state index contributed by atoms with van der Waals surface area (Å²) in [6.45, 7) is 4.60. The lowest BCUT2D eigenvalue weighted by Crippen LogP contribution is -2.73. The molecule has 1 aromatic heterocycles. The second kappa shape index (κ2) is 11.4. The third kappa shape index (κ3) is 5.52. The number of aliphatic carboxylic acids is 1. The molecule has 0 aliphatic heterocycles. The first-order valence-corrected chi connectivity index (χ1v) is 16.9. The zero-order chi connectivity index (χ0) is 32.0. The number of hydrogen-bond acceptors (Lipinski definition) is 6. The lowest BCUT2D eigenvalue weighted by atomic mass is 9.28. The number of ketones is 1. The van der Waals surface area contributed by atoms with Crippen LogP contribution in [0.2, 0.25) is 0 Å². The molecular weight excluding hydrogens is 592 g/mol. The molecule has 4 N–H and O–H groups in total. The minimum absolute atomic E-state index is 0.00155. The highest BCUT2D eigenvalue weighted by Gasteiger charge is 2.84. The van der Waals surface area contributed by atoms with E-state index in [9.17, 15) is 27.9 Å². The number of nitrogens with zero attached hydrogens (tertiary/aromatic N) is 1. The van der Waals surface area contributed by atoms with Crippen LogP contribution in [0.4, 0.5) is 10.5 Å². The second-order valence-corrected chi connectivity index (χ2v) is 15.0. The van der Waals surface area contributed by atoms with E-state index in [0.29, 0.717) is 37.1 Å². The number of anilines is 1. The molecule has 11 heteroatoms. The summed E-state index contributed by atoms with van der Waals surface area (Å²) in [5.41, 5.74) is 2.56. The quantitative estimate of drug-likeness (QED) is 0.231. The minimum Gasteiger partial charge on any atom is -0.480 e. The van der Waals surface area contributed by atoms with Crippen molar-refractivity contribution in [3.63, 3.8) is 0 Å². The largest absolute Gasteiger partial charge is 0.480 e. The summed E-state index contributed by atoms with van der Waals surface area (Å²) in [6, 6.07) is 18.5. The van der Waals surface area contributed by atoms with Crippen LogP contribution in [0.1, 0.15) is 44.4 Å². The van der Waals surface area contributed by atoms with Gasteiger partial charge in [-0.05, 0) is 77.0 Å². The maximum absolute atomic E-state index is 13.3. The molecule has 3 aromatic rings. The molecule has 6 rings (SSSR count). The van der Waals surface area contributed by atoms with Gasteiger partial charge in [0.1, 0.15) is 11.8 Å². The van der Waals surface area contributed by atoms with Gasteiger partial charge in [0.2, 0.25) is 10.0 Å². The number of rotatable bonds is 12. The van der Waals surface area contributed by atoms with Crippen LogP contribution < -0.4 is 15.4 Å². The number of amides is 2. The normalized spacial score (nSPS) is 27.1. The first-order valence-electron chi connectivity index (χ1n) is 15.2. The number of benzene rings is 2. The van der Waals surface area contributed by atoms with E-state index < -0.39 is 27.4 Å². The van der Waals surface area contributed by atoms with Gasteiger partial charge in [-0.2, -0.15) is 0 Å². The summed E-state index contributed by atoms with van der Waals surface area (Å²) < 4.78 is 29.0. The molecule has 1 heterocycles. The predicted molar refractivity (Wildman–Crippen MR) is 170 cm³/mol. The Hall–Kier alpha value is -4.09. The SMILES string of the molecule is CC12CC3CC(=O)C(CS(=O)(=O)NC(Cc4ccc(-c5cccc(NC(=O)NCCc6ccccn6)c5)cc4)C(=O)O)(C1)C32C. The van der Waals surface area contributed by atoms with Gasteiger partial charge in [-0.15, -0.1) is 0 Å². The van der Waals surface area contributed by atoms with Crippen LogP contribution in [-0.4, -0.2) is 54.6 Å². The molecular formula is C34H38N4O6S. The molecule has 45 heavy (non-hydrogen) atoms. The van der Waals surface area contributed by atoms with E-state index in [1.165, 1.54) is 0 Å². The lowest BCUT2D eigenvalue weighted by molar-refractivity contribution is -0.264. The standard InChI is InChI=1S/C34H38N4O6S/c1-32-19-25-18-29(39)34(20-32,33(25,32)2)21-45(43,44)38-28(30(40)41)16-22-9-11-23(12-10-22)24-6-5-8-27(17-24)37-31(42)36-15-13-26-7-3-4-14-35-26/h3-12,14,17,25,28,38H,13,15-16,18-21H2,1-2H3,(H,40,41)(H2,36,37,42). The Morgan fingerprint density at radius 2 is 1.82 bits per heavy atom. The number of aromatic nitrogens is 1. The summed E-state index contributed by atoms with van der Waals surface area (Å²) in [7, 11) is -4.05. The van der Waals surface area contributed by atoms with Gasteiger partial charge in [-0.25, -0.2) is 17.9 Å². The molecule has 236 valence electrons. The summed E-state index contributed by atoms with van der Waals surface area (Å²) in [4.78, 5) is 41.8. The van der Waals surface area contributed by atoms with Crippen molar-refractivity contribution >= 4 is 33.5 Å². The summed E-state index contributed by atoms with van der Waals surface area (Å²) in [6.07, 6.45) is 4.18. The molecule has 5 unspecified atom stereocenters. The van der Waals surface area contributed by atoms with Gasteiger partial charge in [0.15, 0.2) is 0 Å². The number of pyridine rings is 1. The molecule has 3 aliphatic rings. The summed E-state index contributed by atoms with van der Waals surface area (Å²) in [5.74, 6) is -1.43. The van der Waals surface area contributed by atoms with Crippen molar-refractivity contribution < 1.29 is 27.9 Å². The number of carbonyl (C=O) groups excluding carboxylic acids is 2. The van der Waals surface area contributed by atoms with Crippen molar-refractivity contribution in [3.8, 4) is 11.1 Å². The highest BCUT2D eigenvalue weighted by Crippen LogP contribution is 2.85. The number of carbonyl (C=O) groups is 3. The predicted octanol–water partition coefficient (Wildman–Crippen LogP) is 4.42. The Bertz CT molecular complexity index is 1750. The molecule has 3 fully saturated rings. The Morgan fingerprint density at radius 1 is 1.04 bits per heavy atom. The first kappa shape index (κ1) is 30.9. The van der Waals surface area contributed by atoms with Crippen LogP contribution >= 0.6 is 0 Å². The topological polar surface area (TPSA) is 155 Å². The van der Waals surface area contributed by atoms with Crippen molar-refractivity contribution in [3.05, 3.63) is 84.2 Å². The van der Waals surface area contributed by atoms with Crippen LogP contribution in [0.15, 0.2) is 72.9 Å². The van der Waals surface area contributed by atoms with Crippen molar-refractivity contribution in [1.29, 1.82) is 0 Å². The van der Waals surface area contributed by atoms with E-state index >= 15 is 0 Å². The zero-order valence-corrected chi connectivity index (χ0v) is 26.2. The van der Waals surface area contributed by atoms with Crippen molar-refractivity contribution in [2.24, 2.45) is 22.2 Å². The first-order chi connectivity index (χ1) is 21.3. The Morgan fingerprint density at radius 3 is 2.51 bits per heavy atom. The van der Waals surface area contributed by atoms with E-state index in [-0.39, 0.29) is 40.7 Å². The van der Waals surface area contributed by atoms with Crippen LogP contribution in [0.5, 0.6) is 0 Å². The average Bonchev–Trinajstić information content (AvgIpc) is 3.06. The van der Waals surface area contributed by atoms with Crippen LogP contribution in [-0.2, 0) is 32.5 Å². The molecule has 2 amide bonds. The molecule has 0 radical (unpaired) electrons. The number of carboxylic acids is 1. The Balaban J connectivity index is 1.06. The Labute approximate surface area is 263 Å². The van der Waals surface area contributed by atoms with E-state index in [1.807, 2.05) is 55.5 Å². The smallest absolute Gasteiger partial charge is 0.322 e. The molecule has 3 aliphatic carbocycles. The Kier molecular flexibility index (Phi) is 7.81. The number of sulfonamides is 1. The third-order valence-corrected chi connectivity index (χ3v) is 12.2. The molecule has 10 nitrogen and oxygen atoms in total. The summed E-state index contributed by atoms with van der Waals surface area (Å²) >= 11 is 0. The number of carboxylic acid groups (broad SMARTS) is 1. The van der Waals surface area contributed by atoms with Crippen molar-refractivity contribution in [1.82, 2.24) is 15.0 Å². The van der Waals surface area contributed by atoms with Crippen LogP contribution in [0.3, 0.4) is 0 Å². The molecule has 5 atom stereocenters. The van der Waals surface area contributed by atoms with Gasteiger partial charge in [0.05, 0.1) is 11.2 Å². The fourth-order valence-corrected chi connectivity index (χ4v) is 10.2. The number of Topliss-reactive ketones (excluding diaryl/α,β-unsaturated/α-hetero) is 1. The van der Waals surface area contributed by atoms with Gasteiger partial charge >= 0.3 is 12.0 Å². The van der Waals surface area contributed by atoms with Gasteiger partial charge in [-0.3, -0.25) is 14.6 Å². The zero-order valence-electron chi connectivity index (χ0n) is 25.4. The maximum atomic E-state index is 13.3. The van der Waals surface area contributed by atoms with Crippen molar-refractivity contribution in [2.45, 2.75) is 52.0 Å². The summed E-state index contributed by atoms with van der Waals surface area (Å²) in [5, 5.41) is 15.6.